The lowest BCUT2D eigenvalue weighted by Crippen LogP contribution is -2.16. The second kappa shape index (κ2) is 5.18. The molecule has 0 unspecified atom stereocenters. The highest BCUT2D eigenvalue weighted by Gasteiger charge is 2.22. The Morgan fingerprint density at radius 2 is 1.75 bits per heavy atom. The molecule has 0 atom stereocenters. The van der Waals surface area contributed by atoms with Crippen LogP contribution in [0, 0.1) is 0 Å². The van der Waals surface area contributed by atoms with E-state index in [1.54, 1.807) is 0 Å². The van der Waals surface area contributed by atoms with Gasteiger partial charge in [-0.1, -0.05) is 23.2 Å². The molecule has 1 rings (SSSR count). The molecule has 0 fully saturated rings. The summed E-state index contributed by atoms with van der Waals surface area (Å²) in [6, 6.07) is 2.80. The number of benzene rings is 1. The van der Waals surface area contributed by atoms with Gasteiger partial charge in [0.2, 0.25) is 0 Å². The SMILES string of the molecule is COC(=O)C(=O)c1ccc(OC)c(Cl)c1Cl. The van der Waals surface area contributed by atoms with Crippen LogP contribution in [0.2, 0.25) is 10.0 Å². The molecule has 0 saturated carbocycles. The van der Waals surface area contributed by atoms with Crippen LogP contribution >= 0.6 is 23.2 Å². The molecule has 16 heavy (non-hydrogen) atoms. The Labute approximate surface area is 102 Å². The zero-order valence-corrected chi connectivity index (χ0v) is 10.1. The average molecular weight is 263 g/mol. The van der Waals surface area contributed by atoms with E-state index in [9.17, 15) is 9.59 Å². The fourth-order valence-electron chi connectivity index (χ4n) is 1.07. The van der Waals surface area contributed by atoms with Crippen LogP contribution in [0.25, 0.3) is 0 Å². The van der Waals surface area contributed by atoms with Crippen molar-refractivity contribution in [2.45, 2.75) is 0 Å². The van der Waals surface area contributed by atoms with Crippen molar-refractivity contribution in [2.24, 2.45) is 0 Å². The molecule has 0 aromatic heterocycles. The lowest BCUT2D eigenvalue weighted by molar-refractivity contribution is -0.135. The molecule has 0 radical (unpaired) electrons. The number of Topliss-reactive ketones (excluding diaryl/α,β-unsaturated/α-hetero) is 1. The second-order valence-corrected chi connectivity index (χ2v) is 3.52. The quantitative estimate of drug-likeness (QED) is 0.477. The number of hydrogen-bond acceptors (Lipinski definition) is 4. The van der Waals surface area contributed by atoms with E-state index in [1.807, 2.05) is 0 Å². The van der Waals surface area contributed by atoms with Gasteiger partial charge in [-0.15, -0.1) is 0 Å². The first-order valence-corrected chi connectivity index (χ1v) is 4.93. The van der Waals surface area contributed by atoms with E-state index < -0.39 is 11.8 Å². The van der Waals surface area contributed by atoms with Gasteiger partial charge in [-0.25, -0.2) is 4.79 Å². The van der Waals surface area contributed by atoms with E-state index >= 15 is 0 Å². The Bertz CT molecular complexity index is 443. The van der Waals surface area contributed by atoms with Crippen molar-refractivity contribution in [1.82, 2.24) is 0 Å². The largest absolute Gasteiger partial charge is 0.495 e. The summed E-state index contributed by atoms with van der Waals surface area (Å²) in [7, 11) is 2.53. The minimum atomic E-state index is -0.997. The van der Waals surface area contributed by atoms with Crippen molar-refractivity contribution in [3.8, 4) is 5.75 Å². The number of hydrogen-bond donors (Lipinski definition) is 0. The van der Waals surface area contributed by atoms with Gasteiger partial charge in [0.15, 0.2) is 0 Å². The van der Waals surface area contributed by atoms with Crippen LogP contribution in [0.4, 0.5) is 0 Å². The van der Waals surface area contributed by atoms with Gasteiger partial charge >= 0.3 is 5.97 Å². The zero-order valence-electron chi connectivity index (χ0n) is 8.54. The molecule has 0 N–H and O–H groups in total. The third kappa shape index (κ3) is 2.28. The van der Waals surface area contributed by atoms with Gasteiger partial charge in [0.05, 0.1) is 24.8 Å². The Morgan fingerprint density at radius 1 is 1.12 bits per heavy atom. The summed E-state index contributed by atoms with van der Waals surface area (Å²) in [6.07, 6.45) is 0. The highest BCUT2D eigenvalue weighted by atomic mass is 35.5. The van der Waals surface area contributed by atoms with Gasteiger partial charge < -0.3 is 9.47 Å². The number of esters is 1. The van der Waals surface area contributed by atoms with Crippen LogP contribution < -0.4 is 4.74 Å². The molecule has 0 saturated heterocycles. The molecule has 0 aliphatic carbocycles. The first kappa shape index (κ1) is 12.8. The van der Waals surface area contributed by atoms with Crippen molar-refractivity contribution >= 4 is 35.0 Å². The first-order chi connectivity index (χ1) is 7.52. The van der Waals surface area contributed by atoms with Crippen molar-refractivity contribution < 1.29 is 19.1 Å². The summed E-state index contributed by atoms with van der Waals surface area (Å²) in [4.78, 5) is 22.5. The number of halogens is 2. The zero-order chi connectivity index (χ0) is 12.3. The van der Waals surface area contributed by atoms with E-state index in [0.717, 1.165) is 7.11 Å². The standard InChI is InChI=1S/C10H8Cl2O4/c1-15-6-4-3-5(7(11)8(6)12)9(13)10(14)16-2/h3-4H,1-2H3. The molecule has 0 spiro atoms. The third-order valence-corrected chi connectivity index (χ3v) is 2.75. The van der Waals surface area contributed by atoms with E-state index in [4.69, 9.17) is 27.9 Å². The fourth-order valence-corrected chi connectivity index (χ4v) is 1.55. The molecule has 0 heterocycles. The van der Waals surface area contributed by atoms with E-state index in [-0.39, 0.29) is 15.6 Å². The van der Waals surface area contributed by atoms with Crippen molar-refractivity contribution in [2.75, 3.05) is 14.2 Å². The van der Waals surface area contributed by atoms with E-state index in [2.05, 4.69) is 4.74 Å². The van der Waals surface area contributed by atoms with Crippen molar-refractivity contribution in [3.05, 3.63) is 27.7 Å². The number of carbonyl (C=O) groups is 2. The van der Waals surface area contributed by atoms with E-state index in [0.29, 0.717) is 5.75 Å². The fraction of sp³-hybridized carbons (Fsp3) is 0.200. The molecule has 4 nitrogen and oxygen atoms in total. The molecular formula is C10H8Cl2O4. The molecular weight excluding hydrogens is 255 g/mol. The summed E-state index contributed by atoms with van der Waals surface area (Å²) >= 11 is 11.7. The molecule has 0 aliphatic heterocycles. The topological polar surface area (TPSA) is 52.6 Å². The van der Waals surface area contributed by atoms with Crippen molar-refractivity contribution in [3.63, 3.8) is 0 Å². The van der Waals surface area contributed by atoms with Gasteiger partial charge in [0.1, 0.15) is 10.8 Å². The lowest BCUT2D eigenvalue weighted by atomic mass is 10.1. The molecule has 1 aromatic rings. The monoisotopic (exact) mass is 262 g/mol. The highest BCUT2D eigenvalue weighted by Crippen LogP contribution is 2.34. The highest BCUT2D eigenvalue weighted by molar-refractivity contribution is 6.49. The van der Waals surface area contributed by atoms with Crippen LogP contribution in [0.15, 0.2) is 12.1 Å². The van der Waals surface area contributed by atoms with Gasteiger partial charge in [0, 0.05) is 0 Å². The maximum absolute atomic E-state index is 11.5. The smallest absolute Gasteiger partial charge is 0.379 e. The molecule has 0 amide bonds. The molecule has 0 aliphatic rings. The summed E-state index contributed by atoms with van der Waals surface area (Å²) in [5.74, 6) is -1.52. The van der Waals surface area contributed by atoms with Gasteiger partial charge in [-0.2, -0.15) is 0 Å². The van der Waals surface area contributed by atoms with Crippen molar-refractivity contribution in [1.29, 1.82) is 0 Å². The Balaban J connectivity index is 3.22. The summed E-state index contributed by atoms with van der Waals surface area (Å²) in [5, 5.41) is 0.0512. The Morgan fingerprint density at radius 3 is 2.25 bits per heavy atom. The molecule has 86 valence electrons. The van der Waals surface area contributed by atoms with Crippen LogP contribution in [-0.4, -0.2) is 26.0 Å². The number of carbonyl (C=O) groups excluding carboxylic acids is 2. The number of ketones is 1. The van der Waals surface area contributed by atoms with Crippen LogP contribution in [0.5, 0.6) is 5.75 Å². The maximum Gasteiger partial charge on any atom is 0.379 e. The minimum absolute atomic E-state index is 0.0145. The van der Waals surface area contributed by atoms with Gasteiger partial charge in [-0.3, -0.25) is 4.79 Å². The average Bonchev–Trinajstić information content (AvgIpc) is 2.30. The first-order valence-electron chi connectivity index (χ1n) is 4.17. The van der Waals surface area contributed by atoms with Crippen LogP contribution in [0.3, 0.4) is 0 Å². The number of ether oxygens (including phenoxy) is 2. The minimum Gasteiger partial charge on any atom is -0.495 e. The number of methoxy groups -OCH3 is 2. The van der Waals surface area contributed by atoms with Crippen LogP contribution in [0.1, 0.15) is 10.4 Å². The summed E-state index contributed by atoms with van der Waals surface area (Å²) < 4.78 is 9.20. The molecule has 6 heteroatoms. The molecule has 1 aromatic carbocycles. The lowest BCUT2D eigenvalue weighted by Gasteiger charge is -2.07. The third-order valence-electron chi connectivity index (χ3n) is 1.88. The normalized spacial score (nSPS) is 9.75. The van der Waals surface area contributed by atoms with Gasteiger partial charge in [-0.05, 0) is 12.1 Å². The maximum atomic E-state index is 11.5. The van der Waals surface area contributed by atoms with Crippen LogP contribution in [-0.2, 0) is 9.53 Å². The second-order valence-electron chi connectivity index (χ2n) is 2.76. The number of rotatable bonds is 3. The molecule has 0 bridgehead atoms. The summed E-state index contributed by atoms with van der Waals surface area (Å²) in [6.45, 7) is 0. The Kier molecular flexibility index (Phi) is 4.15. The van der Waals surface area contributed by atoms with Gasteiger partial charge in [0.25, 0.3) is 5.78 Å². The Hall–Kier alpha value is -1.26. The predicted octanol–water partition coefficient (Wildman–Crippen LogP) is 2.36. The predicted molar refractivity (Wildman–Crippen MR) is 59.4 cm³/mol. The summed E-state index contributed by atoms with van der Waals surface area (Å²) in [5.41, 5.74) is -0.0145. The van der Waals surface area contributed by atoms with E-state index in [1.165, 1.54) is 19.2 Å².